The topological polar surface area (TPSA) is 36.9 Å². The van der Waals surface area contributed by atoms with Crippen molar-refractivity contribution in [2.75, 3.05) is 39.8 Å². The molecule has 0 aromatic heterocycles. The number of thioether (sulfide) groups is 1. The molecule has 0 saturated carbocycles. The molecule has 7 heteroatoms. The fourth-order valence-electron chi connectivity index (χ4n) is 2.11. The summed E-state index contributed by atoms with van der Waals surface area (Å²) in [5.74, 6) is 1.93. The van der Waals surface area contributed by atoms with E-state index in [9.17, 15) is 4.39 Å². The van der Waals surface area contributed by atoms with Crippen LogP contribution in [0.2, 0.25) is 0 Å². The number of ether oxygens (including phenoxy) is 1. The van der Waals surface area contributed by atoms with Crippen LogP contribution < -0.4 is 10.1 Å². The van der Waals surface area contributed by atoms with E-state index < -0.39 is 0 Å². The third-order valence-corrected chi connectivity index (χ3v) is 3.96. The highest BCUT2D eigenvalue weighted by molar-refractivity contribution is 14.0. The molecular formula is C16H27FIN3OS. The summed E-state index contributed by atoms with van der Waals surface area (Å²) >= 11 is 1.86. The van der Waals surface area contributed by atoms with Crippen LogP contribution in [-0.4, -0.2) is 50.6 Å². The van der Waals surface area contributed by atoms with E-state index in [-0.39, 0.29) is 35.5 Å². The molecule has 0 bridgehead atoms. The minimum Gasteiger partial charge on any atom is -0.494 e. The Morgan fingerprint density at radius 2 is 2.13 bits per heavy atom. The van der Waals surface area contributed by atoms with E-state index in [4.69, 9.17) is 4.74 Å². The van der Waals surface area contributed by atoms with Gasteiger partial charge in [-0.25, -0.2) is 4.39 Å². The number of hydrogen-bond donors (Lipinski definition) is 1. The average Bonchev–Trinajstić information content (AvgIpc) is 2.51. The van der Waals surface area contributed by atoms with Crippen molar-refractivity contribution in [3.8, 4) is 5.75 Å². The maximum atomic E-state index is 13.7. The minimum absolute atomic E-state index is 0. The van der Waals surface area contributed by atoms with Crippen LogP contribution in [-0.2, 0) is 6.54 Å². The zero-order valence-corrected chi connectivity index (χ0v) is 17.4. The summed E-state index contributed by atoms with van der Waals surface area (Å²) in [6, 6.07) is 5.02. The maximum Gasteiger partial charge on any atom is 0.193 e. The lowest BCUT2D eigenvalue weighted by Gasteiger charge is -2.22. The van der Waals surface area contributed by atoms with E-state index >= 15 is 0 Å². The van der Waals surface area contributed by atoms with Crippen LogP contribution in [0.1, 0.15) is 18.4 Å². The summed E-state index contributed by atoms with van der Waals surface area (Å²) in [7, 11) is 5.17. The highest BCUT2D eigenvalue weighted by Gasteiger charge is 2.09. The number of unbranched alkanes of at least 4 members (excludes halogenated alkanes) is 1. The number of aliphatic imine (C=N–C) groups is 1. The number of benzene rings is 1. The molecular weight excluding hydrogens is 428 g/mol. The van der Waals surface area contributed by atoms with Gasteiger partial charge in [0.1, 0.15) is 0 Å². The minimum atomic E-state index is -0.339. The number of guanidine groups is 1. The summed E-state index contributed by atoms with van der Waals surface area (Å²) in [4.78, 5) is 6.25. The van der Waals surface area contributed by atoms with E-state index in [0.29, 0.717) is 6.54 Å². The quantitative estimate of drug-likeness (QED) is 0.281. The highest BCUT2D eigenvalue weighted by atomic mass is 127. The Morgan fingerprint density at radius 3 is 2.70 bits per heavy atom. The molecule has 1 aromatic rings. The van der Waals surface area contributed by atoms with Gasteiger partial charge in [-0.05, 0) is 42.5 Å². The largest absolute Gasteiger partial charge is 0.494 e. The second-order valence-electron chi connectivity index (χ2n) is 5.00. The SMILES string of the molecule is CN=C(NCCCCSC)N(C)Cc1ccc(OC)c(F)c1.I. The fourth-order valence-corrected chi connectivity index (χ4v) is 2.61. The Morgan fingerprint density at radius 1 is 1.39 bits per heavy atom. The van der Waals surface area contributed by atoms with Crippen LogP contribution in [0.15, 0.2) is 23.2 Å². The molecule has 0 spiro atoms. The van der Waals surface area contributed by atoms with Gasteiger partial charge in [-0.3, -0.25) is 4.99 Å². The van der Waals surface area contributed by atoms with Crippen molar-refractivity contribution in [1.29, 1.82) is 0 Å². The lowest BCUT2D eigenvalue weighted by atomic mass is 10.2. The van der Waals surface area contributed by atoms with Crippen molar-refractivity contribution in [3.63, 3.8) is 0 Å². The van der Waals surface area contributed by atoms with Crippen molar-refractivity contribution in [2.45, 2.75) is 19.4 Å². The Balaban J connectivity index is 0.00000484. The van der Waals surface area contributed by atoms with Crippen molar-refractivity contribution < 1.29 is 9.13 Å². The van der Waals surface area contributed by atoms with Crippen LogP contribution in [0.5, 0.6) is 5.75 Å². The number of rotatable bonds is 8. The number of methoxy groups -OCH3 is 1. The summed E-state index contributed by atoms with van der Waals surface area (Å²) in [6.07, 6.45) is 4.43. The van der Waals surface area contributed by atoms with Crippen LogP contribution in [0.3, 0.4) is 0 Å². The fraction of sp³-hybridized carbons (Fsp3) is 0.562. The zero-order chi connectivity index (χ0) is 16.4. The van der Waals surface area contributed by atoms with E-state index in [2.05, 4.69) is 16.6 Å². The number of nitrogens with one attached hydrogen (secondary N) is 1. The summed E-state index contributed by atoms with van der Waals surface area (Å²) in [6.45, 7) is 1.49. The molecule has 0 unspecified atom stereocenters. The van der Waals surface area contributed by atoms with Crippen LogP contribution >= 0.6 is 35.7 Å². The molecule has 1 rings (SSSR count). The molecule has 0 amide bonds. The second kappa shape index (κ2) is 12.7. The van der Waals surface area contributed by atoms with Crippen molar-refractivity contribution >= 4 is 41.7 Å². The van der Waals surface area contributed by atoms with E-state index in [1.807, 2.05) is 29.8 Å². The second-order valence-corrected chi connectivity index (χ2v) is 5.98. The molecule has 0 heterocycles. The number of halogens is 2. The van der Waals surface area contributed by atoms with Crippen LogP contribution in [0.4, 0.5) is 4.39 Å². The normalized spacial score (nSPS) is 10.9. The van der Waals surface area contributed by atoms with Gasteiger partial charge in [0.2, 0.25) is 0 Å². The van der Waals surface area contributed by atoms with Gasteiger partial charge in [-0.15, -0.1) is 24.0 Å². The van der Waals surface area contributed by atoms with Gasteiger partial charge in [0.05, 0.1) is 7.11 Å². The molecule has 1 aromatic carbocycles. The van der Waals surface area contributed by atoms with Gasteiger partial charge in [0.15, 0.2) is 17.5 Å². The Kier molecular flexibility index (Phi) is 12.3. The molecule has 0 saturated heterocycles. The van der Waals surface area contributed by atoms with Crippen molar-refractivity contribution in [3.05, 3.63) is 29.6 Å². The number of hydrogen-bond acceptors (Lipinski definition) is 3. The van der Waals surface area contributed by atoms with Crippen LogP contribution in [0.25, 0.3) is 0 Å². The third-order valence-electron chi connectivity index (χ3n) is 3.27. The van der Waals surface area contributed by atoms with E-state index in [1.54, 1.807) is 13.1 Å². The molecule has 0 aliphatic carbocycles. The average molecular weight is 455 g/mol. The molecule has 0 atom stereocenters. The van der Waals surface area contributed by atoms with Gasteiger partial charge < -0.3 is 15.0 Å². The van der Waals surface area contributed by atoms with Gasteiger partial charge in [0.25, 0.3) is 0 Å². The lowest BCUT2D eigenvalue weighted by Crippen LogP contribution is -2.38. The van der Waals surface area contributed by atoms with Gasteiger partial charge in [-0.1, -0.05) is 6.07 Å². The predicted octanol–water partition coefficient (Wildman–Crippen LogP) is 3.60. The van der Waals surface area contributed by atoms with Gasteiger partial charge >= 0.3 is 0 Å². The highest BCUT2D eigenvalue weighted by Crippen LogP contribution is 2.18. The van der Waals surface area contributed by atoms with Gasteiger partial charge in [0, 0.05) is 27.2 Å². The molecule has 0 fully saturated rings. The Hall–Kier alpha value is -0.700. The summed E-state index contributed by atoms with van der Waals surface area (Å²) < 4.78 is 18.6. The van der Waals surface area contributed by atoms with Crippen molar-refractivity contribution in [1.82, 2.24) is 10.2 Å². The van der Waals surface area contributed by atoms with Gasteiger partial charge in [-0.2, -0.15) is 11.8 Å². The molecule has 1 N–H and O–H groups in total. The molecule has 4 nitrogen and oxygen atoms in total. The standard InChI is InChI=1S/C16H26FN3OS.HI/c1-18-16(19-9-5-6-10-22-4)20(2)12-13-7-8-15(21-3)14(17)11-13;/h7-8,11H,5-6,9-10,12H2,1-4H3,(H,18,19);1H. The van der Waals surface area contributed by atoms with E-state index in [0.717, 1.165) is 24.5 Å². The maximum absolute atomic E-state index is 13.7. The van der Waals surface area contributed by atoms with Crippen molar-refractivity contribution in [2.24, 2.45) is 4.99 Å². The first kappa shape index (κ1) is 22.3. The predicted molar refractivity (Wildman–Crippen MR) is 109 cm³/mol. The monoisotopic (exact) mass is 455 g/mol. The number of nitrogens with zero attached hydrogens (tertiary/aromatic N) is 2. The van der Waals surface area contributed by atoms with E-state index in [1.165, 1.54) is 25.3 Å². The third kappa shape index (κ3) is 8.10. The van der Waals surface area contributed by atoms with Crippen LogP contribution in [0, 0.1) is 5.82 Å². The lowest BCUT2D eigenvalue weighted by molar-refractivity contribution is 0.385. The first-order valence-electron chi connectivity index (χ1n) is 7.35. The molecule has 132 valence electrons. The summed E-state index contributed by atoms with van der Waals surface area (Å²) in [5, 5.41) is 3.33. The molecule has 0 radical (unpaired) electrons. The molecule has 23 heavy (non-hydrogen) atoms. The first-order valence-corrected chi connectivity index (χ1v) is 8.75. The Labute approximate surface area is 160 Å². The molecule has 0 aliphatic heterocycles. The molecule has 0 aliphatic rings. The summed E-state index contributed by atoms with van der Waals surface area (Å²) in [5.41, 5.74) is 0.881. The first-order chi connectivity index (χ1) is 10.6. The Bertz CT molecular complexity index is 488. The smallest absolute Gasteiger partial charge is 0.193 e. The zero-order valence-electron chi connectivity index (χ0n) is 14.3.